The van der Waals surface area contributed by atoms with Crippen LogP contribution in [0.25, 0.3) is 0 Å². The van der Waals surface area contributed by atoms with Crippen molar-refractivity contribution >= 4 is 5.91 Å². The molecular weight excluding hydrogens is 847 g/mol. The van der Waals surface area contributed by atoms with Crippen LogP contribution in [0.4, 0.5) is 0 Å². The van der Waals surface area contributed by atoms with Crippen molar-refractivity contribution in [3.8, 4) is 0 Å². The lowest BCUT2D eigenvalue weighted by atomic mass is 9.98. The van der Waals surface area contributed by atoms with E-state index in [1.54, 1.807) is 0 Å². The van der Waals surface area contributed by atoms with Gasteiger partial charge >= 0.3 is 0 Å². The number of rotatable bonds is 48. The monoisotopic (exact) mass is 954 g/mol. The molecule has 1 heterocycles. The SMILES string of the molecule is CCCCCCCCCCCCCC/C=C\CCCCCCCCC(O)C(=O)NC(COC1OC(CO)C(O)C(O)C1O)C(O)C(O)CCC/C=C/CCCCCCCCCCCCCCC. The zero-order chi connectivity index (χ0) is 49.0. The van der Waals surface area contributed by atoms with Crippen LogP contribution in [0.2, 0.25) is 0 Å². The molecule has 1 aliphatic rings. The van der Waals surface area contributed by atoms with Gasteiger partial charge in [0.15, 0.2) is 6.29 Å². The summed E-state index contributed by atoms with van der Waals surface area (Å²) in [4.78, 5) is 13.2. The van der Waals surface area contributed by atoms with Crippen molar-refractivity contribution in [2.45, 2.75) is 313 Å². The summed E-state index contributed by atoms with van der Waals surface area (Å²) in [5.41, 5.74) is 0. The first kappa shape index (κ1) is 63.6. The van der Waals surface area contributed by atoms with E-state index in [-0.39, 0.29) is 12.8 Å². The molecule has 9 unspecified atom stereocenters. The Hall–Kier alpha value is -1.41. The molecule has 1 saturated heterocycles. The van der Waals surface area contributed by atoms with Gasteiger partial charge in [0.2, 0.25) is 5.91 Å². The molecule has 0 aromatic carbocycles. The maximum Gasteiger partial charge on any atom is 0.249 e. The molecule has 1 fully saturated rings. The van der Waals surface area contributed by atoms with Crippen molar-refractivity contribution in [1.29, 1.82) is 0 Å². The fourth-order valence-electron chi connectivity index (χ4n) is 9.08. The lowest BCUT2D eigenvalue weighted by Gasteiger charge is -2.40. The summed E-state index contributed by atoms with van der Waals surface area (Å²) in [6.45, 7) is 3.46. The molecule has 1 amide bonds. The van der Waals surface area contributed by atoms with E-state index in [0.717, 1.165) is 57.8 Å². The molecule has 0 bridgehead atoms. The molecule has 0 saturated carbocycles. The van der Waals surface area contributed by atoms with Gasteiger partial charge in [-0.05, 0) is 64.2 Å². The van der Waals surface area contributed by atoms with Gasteiger partial charge in [-0.15, -0.1) is 0 Å². The Morgan fingerprint density at radius 3 is 1.28 bits per heavy atom. The van der Waals surface area contributed by atoms with Gasteiger partial charge in [-0.1, -0.05) is 218 Å². The zero-order valence-electron chi connectivity index (χ0n) is 43.1. The fourth-order valence-corrected chi connectivity index (χ4v) is 9.08. The maximum absolute atomic E-state index is 13.2. The molecule has 0 aromatic rings. The minimum atomic E-state index is -1.67. The number of ether oxygens (including phenoxy) is 2. The predicted octanol–water partition coefficient (Wildman–Crippen LogP) is 11.3. The maximum atomic E-state index is 13.2. The largest absolute Gasteiger partial charge is 0.394 e. The molecule has 8 N–H and O–H groups in total. The second-order valence-electron chi connectivity index (χ2n) is 20.0. The molecule has 0 aromatic heterocycles. The van der Waals surface area contributed by atoms with Gasteiger partial charge in [-0.3, -0.25) is 4.79 Å². The summed E-state index contributed by atoms with van der Waals surface area (Å²) in [6.07, 6.45) is 42.3. The number of allylic oxidation sites excluding steroid dienone is 4. The second kappa shape index (κ2) is 45.7. The predicted molar refractivity (Wildman–Crippen MR) is 275 cm³/mol. The third-order valence-corrected chi connectivity index (χ3v) is 13.7. The van der Waals surface area contributed by atoms with E-state index in [0.29, 0.717) is 12.8 Å². The summed E-state index contributed by atoms with van der Waals surface area (Å²) in [6, 6.07) is -1.19. The topological polar surface area (TPSA) is 189 Å². The summed E-state index contributed by atoms with van der Waals surface area (Å²) in [7, 11) is 0. The van der Waals surface area contributed by atoms with Gasteiger partial charge < -0.3 is 50.5 Å². The number of carbonyl (C=O) groups is 1. The zero-order valence-corrected chi connectivity index (χ0v) is 43.1. The lowest BCUT2D eigenvalue weighted by Crippen LogP contribution is -2.60. The standard InChI is InChI=1S/C56H107NO10/c1-3-5-7-9-11-13-15-17-19-21-23-24-25-26-28-30-32-34-36-38-40-42-44-49(60)55(65)57-47(46-66-56-54(64)53(63)52(62)50(45-58)67-56)51(61)48(59)43-41-39-37-35-33-31-29-27-22-20-18-16-14-12-10-8-6-4-2/h26,28,35,37,47-54,56,58-64H,3-25,27,29-34,36,38-46H2,1-2H3,(H,57,65)/b28-26-,37-35+. The summed E-state index contributed by atoms with van der Waals surface area (Å²) in [5.74, 6) is -0.708. The van der Waals surface area contributed by atoms with E-state index < -0.39 is 74.2 Å². The Kier molecular flexibility index (Phi) is 43.4. The molecule has 9 atom stereocenters. The highest BCUT2D eigenvalue weighted by Gasteiger charge is 2.44. The first-order valence-corrected chi connectivity index (χ1v) is 28.2. The number of unbranched alkanes of at least 4 members (excludes halogenated alkanes) is 32. The first-order valence-electron chi connectivity index (χ1n) is 28.2. The molecule has 396 valence electrons. The number of aliphatic hydroxyl groups excluding tert-OH is 7. The van der Waals surface area contributed by atoms with Crippen LogP contribution < -0.4 is 5.32 Å². The van der Waals surface area contributed by atoms with Crippen molar-refractivity contribution in [3.63, 3.8) is 0 Å². The highest BCUT2D eigenvalue weighted by Crippen LogP contribution is 2.23. The van der Waals surface area contributed by atoms with Gasteiger partial charge in [0.1, 0.15) is 36.6 Å². The van der Waals surface area contributed by atoms with E-state index >= 15 is 0 Å². The van der Waals surface area contributed by atoms with Crippen LogP contribution in [0, 0.1) is 0 Å². The van der Waals surface area contributed by atoms with E-state index in [2.05, 4.69) is 43.5 Å². The van der Waals surface area contributed by atoms with Crippen molar-refractivity contribution in [3.05, 3.63) is 24.3 Å². The average Bonchev–Trinajstić information content (AvgIpc) is 3.33. The highest BCUT2D eigenvalue weighted by atomic mass is 16.7. The van der Waals surface area contributed by atoms with E-state index in [1.165, 1.54) is 161 Å². The minimum Gasteiger partial charge on any atom is -0.394 e. The number of amides is 1. The van der Waals surface area contributed by atoms with Crippen molar-refractivity contribution < 1.29 is 50.0 Å². The Bertz CT molecular complexity index is 1140. The molecule has 1 aliphatic heterocycles. The van der Waals surface area contributed by atoms with Gasteiger partial charge in [-0.2, -0.15) is 0 Å². The molecule has 0 spiro atoms. The van der Waals surface area contributed by atoms with Gasteiger partial charge in [0, 0.05) is 0 Å². The van der Waals surface area contributed by atoms with E-state index in [4.69, 9.17) is 9.47 Å². The first-order chi connectivity index (χ1) is 32.7. The Balaban J connectivity index is 2.35. The van der Waals surface area contributed by atoms with E-state index in [1.807, 2.05) is 0 Å². The third-order valence-electron chi connectivity index (χ3n) is 13.7. The van der Waals surface area contributed by atoms with Crippen LogP contribution >= 0.6 is 0 Å². The van der Waals surface area contributed by atoms with Crippen molar-refractivity contribution in [2.75, 3.05) is 13.2 Å². The summed E-state index contributed by atoms with van der Waals surface area (Å²) < 4.78 is 11.1. The van der Waals surface area contributed by atoms with Crippen molar-refractivity contribution in [1.82, 2.24) is 5.32 Å². The normalized spacial score (nSPS) is 20.8. The molecule has 1 rings (SSSR count). The summed E-state index contributed by atoms with van der Waals surface area (Å²) >= 11 is 0. The van der Waals surface area contributed by atoms with Crippen LogP contribution in [-0.2, 0) is 14.3 Å². The molecule has 67 heavy (non-hydrogen) atoms. The Labute approximate surface area is 410 Å². The highest BCUT2D eigenvalue weighted by molar-refractivity contribution is 5.80. The molecular formula is C56H107NO10. The quantitative estimate of drug-likeness (QED) is 0.0215. The number of aliphatic hydroxyl groups is 7. The van der Waals surface area contributed by atoms with Crippen LogP contribution in [0.3, 0.4) is 0 Å². The third kappa shape index (κ3) is 34.5. The van der Waals surface area contributed by atoms with Crippen molar-refractivity contribution in [2.24, 2.45) is 0 Å². The summed E-state index contributed by atoms with van der Waals surface area (Å²) in [5, 5.41) is 76.0. The van der Waals surface area contributed by atoms with Crippen LogP contribution in [0.1, 0.15) is 258 Å². The van der Waals surface area contributed by atoms with Gasteiger partial charge in [0.25, 0.3) is 0 Å². The Morgan fingerprint density at radius 1 is 0.507 bits per heavy atom. The molecule has 0 aliphatic carbocycles. The number of nitrogens with one attached hydrogen (secondary N) is 1. The van der Waals surface area contributed by atoms with Gasteiger partial charge in [0.05, 0.1) is 25.4 Å². The molecule has 11 heteroatoms. The fraction of sp³-hybridized carbons (Fsp3) is 0.911. The number of hydrogen-bond acceptors (Lipinski definition) is 10. The molecule has 0 radical (unpaired) electrons. The Morgan fingerprint density at radius 2 is 0.881 bits per heavy atom. The smallest absolute Gasteiger partial charge is 0.249 e. The lowest BCUT2D eigenvalue weighted by molar-refractivity contribution is -0.303. The van der Waals surface area contributed by atoms with Crippen LogP contribution in [-0.4, -0.2) is 110 Å². The number of carbonyl (C=O) groups excluding carboxylic acids is 1. The number of hydrogen-bond donors (Lipinski definition) is 8. The minimum absolute atomic E-state index is 0.248. The van der Waals surface area contributed by atoms with Crippen LogP contribution in [0.15, 0.2) is 24.3 Å². The second-order valence-corrected chi connectivity index (χ2v) is 20.0. The molecule has 11 nitrogen and oxygen atoms in total. The van der Waals surface area contributed by atoms with Crippen LogP contribution in [0.5, 0.6) is 0 Å². The van der Waals surface area contributed by atoms with E-state index in [9.17, 15) is 40.5 Å². The van der Waals surface area contributed by atoms with Gasteiger partial charge in [-0.25, -0.2) is 0 Å². The average molecular weight is 954 g/mol.